The minimum atomic E-state index is -0.861. The van der Waals surface area contributed by atoms with Gasteiger partial charge in [-0.2, -0.15) is 5.10 Å². The molecule has 4 nitrogen and oxygen atoms in total. The highest BCUT2D eigenvalue weighted by atomic mass is 16.4. The lowest BCUT2D eigenvalue weighted by Gasteiger charge is -2.05. The summed E-state index contributed by atoms with van der Waals surface area (Å²) in [6, 6.07) is 0. The summed E-state index contributed by atoms with van der Waals surface area (Å²) >= 11 is 0. The fourth-order valence-electron chi connectivity index (χ4n) is 2.17. The van der Waals surface area contributed by atoms with Crippen LogP contribution in [0.25, 0.3) is 0 Å². The molecule has 0 aliphatic heterocycles. The maximum absolute atomic E-state index is 10.9. The molecule has 1 heterocycles. The van der Waals surface area contributed by atoms with Gasteiger partial charge in [-0.15, -0.1) is 0 Å². The lowest BCUT2D eigenvalue weighted by molar-refractivity contribution is 0.0695. The van der Waals surface area contributed by atoms with Crippen molar-refractivity contribution < 1.29 is 9.90 Å². The van der Waals surface area contributed by atoms with Crippen LogP contribution in [-0.4, -0.2) is 20.9 Å². The summed E-state index contributed by atoms with van der Waals surface area (Å²) in [5, 5.41) is 13.2. The summed E-state index contributed by atoms with van der Waals surface area (Å²) in [6.45, 7) is 0. The smallest absolute Gasteiger partial charge is 0.339 e. The van der Waals surface area contributed by atoms with Crippen molar-refractivity contribution in [1.29, 1.82) is 0 Å². The van der Waals surface area contributed by atoms with E-state index in [9.17, 15) is 4.79 Å². The Morgan fingerprint density at radius 3 is 2.79 bits per heavy atom. The molecule has 14 heavy (non-hydrogen) atoms. The Morgan fingerprint density at radius 1 is 1.57 bits per heavy atom. The van der Waals surface area contributed by atoms with Gasteiger partial charge in [0.2, 0.25) is 0 Å². The van der Waals surface area contributed by atoms with Gasteiger partial charge in [0.25, 0.3) is 0 Å². The first-order chi connectivity index (χ1) is 6.68. The van der Waals surface area contributed by atoms with Crippen LogP contribution in [0.5, 0.6) is 0 Å². The summed E-state index contributed by atoms with van der Waals surface area (Å²) in [4.78, 5) is 10.9. The van der Waals surface area contributed by atoms with Gasteiger partial charge in [0.15, 0.2) is 0 Å². The average Bonchev–Trinajstić information content (AvgIpc) is 2.70. The van der Waals surface area contributed by atoms with E-state index in [4.69, 9.17) is 5.11 Å². The Balaban J connectivity index is 2.35. The van der Waals surface area contributed by atoms with Gasteiger partial charge in [-0.1, -0.05) is 12.8 Å². The first-order valence-corrected chi connectivity index (χ1v) is 4.95. The largest absolute Gasteiger partial charge is 0.478 e. The van der Waals surface area contributed by atoms with Crippen molar-refractivity contribution >= 4 is 5.97 Å². The number of aryl methyl sites for hydroxylation is 1. The third-order valence-electron chi connectivity index (χ3n) is 2.83. The Morgan fingerprint density at radius 2 is 2.21 bits per heavy atom. The monoisotopic (exact) mass is 194 g/mol. The molecule has 1 saturated carbocycles. The third-order valence-corrected chi connectivity index (χ3v) is 2.83. The normalized spacial score (nSPS) is 17.5. The number of carbonyl (C=O) groups is 1. The molecule has 76 valence electrons. The summed E-state index contributed by atoms with van der Waals surface area (Å²) in [5.41, 5.74) is 1.15. The van der Waals surface area contributed by atoms with E-state index >= 15 is 0 Å². The van der Waals surface area contributed by atoms with Crippen LogP contribution in [0.2, 0.25) is 0 Å². The summed E-state index contributed by atoms with van der Waals surface area (Å²) in [7, 11) is 1.77. The second-order valence-electron chi connectivity index (χ2n) is 3.89. The van der Waals surface area contributed by atoms with Gasteiger partial charge in [-0.25, -0.2) is 4.79 Å². The number of aromatic carboxylic acids is 1. The summed E-state index contributed by atoms with van der Waals surface area (Å²) in [6.07, 6.45) is 6.14. The molecule has 1 aromatic rings. The first-order valence-electron chi connectivity index (χ1n) is 4.95. The predicted molar refractivity (Wildman–Crippen MR) is 51.4 cm³/mol. The minimum absolute atomic E-state index is 0.363. The van der Waals surface area contributed by atoms with Crippen molar-refractivity contribution in [3.63, 3.8) is 0 Å². The number of rotatable bonds is 2. The van der Waals surface area contributed by atoms with Gasteiger partial charge >= 0.3 is 5.97 Å². The molecule has 0 radical (unpaired) electrons. The van der Waals surface area contributed by atoms with Crippen molar-refractivity contribution in [2.45, 2.75) is 31.6 Å². The van der Waals surface area contributed by atoms with E-state index in [1.807, 2.05) is 0 Å². The molecule has 2 rings (SSSR count). The first kappa shape index (κ1) is 9.24. The van der Waals surface area contributed by atoms with Gasteiger partial charge in [0.05, 0.1) is 5.69 Å². The molecule has 1 aromatic heterocycles. The van der Waals surface area contributed by atoms with Crippen molar-refractivity contribution in [1.82, 2.24) is 9.78 Å². The second-order valence-corrected chi connectivity index (χ2v) is 3.89. The lowest BCUT2D eigenvalue weighted by Crippen LogP contribution is -2.03. The molecule has 0 aromatic carbocycles. The minimum Gasteiger partial charge on any atom is -0.478 e. The van der Waals surface area contributed by atoms with Gasteiger partial charge in [-0.3, -0.25) is 4.68 Å². The predicted octanol–water partition coefficient (Wildman–Crippen LogP) is 1.78. The molecule has 0 unspecified atom stereocenters. The van der Waals surface area contributed by atoms with E-state index in [0.717, 1.165) is 18.5 Å². The Bertz CT molecular complexity index is 351. The zero-order valence-corrected chi connectivity index (χ0v) is 8.23. The maximum atomic E-state index is 10.9. The van der Waals surface area contributed by atoms with Crippen LogP contribution in [0.15, 0.2) is 6.20 Å². The van der Waals surface area contributed by atoms with E-state index < -0.39 is 5.97 Å². The number of aromatic nitrogens is 2. The van der Waals surface area contributed by atoms with E-state index in [2.05, 4.69) is 5.10 Å². The Kier molecular flexibility index (Phi) is 2.27. The van der Waals surface area contributed by atoms with Crippen LogP contribution in [0.4, 0.5) is 0 Å². The maximum Gasteiger partial charge on any atom is 0.339 e. The highest BCUT2D eigenvalue weighted by molar-refractivity contribution is 5.88. The highest BCUT2D eigenvalue weighted by Crippen LogP contribution is 2.34. The fraction of sp³-hybridized carbons (Fsp3) is 0.600. The quantitative estimate of drug-likeness (QED) is 0.780. The van der Waals surface area contributed by atoms with Crippen LogP contribution >= 0.6 is 0 Å². The van der Waals surface area contributed by atoms with E-state index in [1.54, 1.807) is 17.9 Å². The molecule has 0 spiro atoms. The second kappa shape index (κ2) is 3.44. The van der Waals surface area contributed by atoms with E-state index in [1.165, 1.54) is 12.8 Å². The topological polar surface area (TPSA) is 55.1 Å². The molecule has 0 bridgehead atoms. The molecule has 0 amide bonds. The molecule has 1 aliphatic rings. The van der Waals surface area contributed by atoms with Crippen LogP contribution in [0.1, 0.15) is 47.7 Å². The molecule has 4 heteroatoms. The van der Waals surface area contributed by atoms with Crippen molar-refractivity contribution in [2.75, 3.05) is 0 Å². The van der Waals surface area contributed by atoms with Crippen molar-refractivity contribution in [3.8, 4) is 0 Å². The number of carboxylic acid groups (broad SMARTS) is 1. The zero-order chi connectivity index (χ0) is 10.1. The summed E-state index contributed by atoms with van der Waals surface area (Å²) in [5.74, 6) is -0.498. The molecule has 1 N–H and O–H groups in total. The van der Waals surface area contributed by atoms with E-state index in [0.29, 0.717) is 11.5 Å². The fourth-order valence-corrected chi connectivity index (χ4v) is 2.17. The van der Waals surface area contributed by atoms with Gasteiger partial charge in [0, 0.05) is 19.2 Å². The Labute approximate surface area is 82.5 Å². The van der Waals surface area contributed by atoms with Gasteiger partial charge in [0.1, 0.15) is 5.56 Å². The number of carboxylic acids is 1. The van der Waals surface area contributed by atoms with Crippen LogP contribution < -0.4 is 0 Å². The SMILES string of the molecule is Cn1cc(C(=O)O)c(C2CCCC2)n1. The van der Waals surface area contributed by atoms with E-state index in [-0.39, 0.29) is 0 Å². The number of nitrogens with zero attached hydrogens (tertiary/aromatic N) is 2. The molecule has 1 fully saturated rings. The average molecular weight is 194 g/mol. The molecule has 0 atom stereocenters. The highest BCUT2D eigenvalue weighted by Gasteiger charge is 2.25. The van der Waals surface area contributed by atoms with Gasteiger partial charge in [-0.05, 0) is 12.8 Å². The molecule has 1 aliphatic carbocycles. The van der Waals surface area contributed by atoms with Crippen molar-refractivity contribution in [2.24, 2.45) is 7.05 Å². The number of hydrogen-bond donors (Lipinski definition) is 1. The van der Waals surface area contributed by atoms with Gasteiger partial charge < -0.3 is 5.11 Å². The standard InChI is InChI=1S/C10H14N2O2/c1-12-6-8(10(13)14)9(11-12)7-4-2-3-5-7/h6-7H,2-5H2,1H3,(H,13,14). The lowest BCUT2D eigenvalue weighted by atomic mass is 10.0. The number of hydrogen-bond acceptors (Lipinski definition) is 2. The van der Waals surface area contributed by atoms with Crippen LogP contribution in [0.3, 0.4) is 0 Å². The summed E-state index contributed by atoms with van der Waals surface area (Å²) < 4.78 is 1.59. The van der Waals surface area contributed by atoms with Crippen LogP contribution in [0, 0.1) is 0 Å². The molecule has 0 saturated heterocycles. The van der Waals surface area contributed by atoms with Crippen molar-refractivity contribution in [3.05, 3.63) is 17.5 Å². The van der Waals surface area contributed by atoms with Crippen LogP contribution in [-0.2, 0) is 7.05 Å². The Hall–Kier alpha value is -1.32. The zero-order valence-electron chi connectivity index (χ0n) is 8.23. The third kappa shape index (κ3) is 1.52. The molecular weight excluding hydrogens is 180 g/mol. The molecular formula is C10H14N2O2.